The molecule has 2 nitrogen and oxygen atoms in total. The maximum absolute atomic E-state index is 12.2. The lowest BCUT2D eigenvalue weighted by Gasteiger charge is -2.26. The zero-order valence-electron chi connectivity index (χ0n) is 10.9. The highest BCUT2D eigenvalue weighted by molar-refractivity contribution is 9.10. The predicted molar refractivity (Wildman–Crippen MR) is 83.7 cm³/mol. The molecule has 100 valence electrons. The summed E-state index contributed by atoms with van der Waals surface area (Å²) in [4.78, 5) is 12.9. The van der Waals surface area contributed by atoms with Crippen LogP contribution in [0.5, 0.6) is 0 Å². The molecule has 1 N–H and O–H groups in total. The Bertz CT molecular complexity index is 563. The summed E-state index contributed by atoms with van der Waals surface area (Å²) in [5, 5.41) is 5.00. The minimum atomic E-state index is -0.276. The maximum atomic E-state index is 12.2. The molecule has 1 heterocycles. The van der Waals surface area contributed by atoms with Crippen LogP contribution in [0.15, 0.2) is 46.3 Å². The van der Waals surface area contributed by atoms with Crippen molar-refractivity contribution in [1.82, 2.24) is 5.32 Å². The van der Waals surface area contributed by atoms with Gasteiger partial charge in [-0.1, -0.05) is 30.3 Å². The van der Waals surface area contributed by atoms with Gasteiger partial charge in [-0.25, -0.2) is 0 Å². The second-order valence-corrected chi connectivity index (χ2v) is 6.87. The molecule has 0 aliphatic heterocycles. The Morgan fingerprint density at radius 3 is 2.53 bits per heavy atom. The Balaban J connectivity index is 2.05. The van der Waals surface area contributed by atoms with Crippen molar-refractivity contribution in [2.75, 3.05) is 0 Å². The van der Waals surface area contributed by atoms with Crippen LogP contribution in [-0.2, 0) is 6.42 Å². The minimum Gasteiger partial charge on any atom is -0.346 e. The molecular weight excluding hydrogens is 322 g/mol. The van der Waals surface area contributed by atoms with Crippen molar-refractivity contribution in [3.8, 4) is 0 Å². The average molecular weight is 338 g/mol. The van der Waals surface area contributed by atoms with Gasteiger partial charge in [0, 0.05) is 10.0 Å². The zero-order valence-corrected chi connectivity index (χ0v) is 13.3. The lowest BCUT2D eigenvalue weighted by molar-refractivity contribution is 0.0916. The highest BCUT2D eigenvalue weighted by Crippen LogP contribution is 2.23. The van der Waals surface area contributed by atoms with Crippen molar-refractivity contribution < 1.29 is 4.79 Å². The Labute approximate surface area is 126 Å². The first-order valence-electron chi connectivity index (χ1n) is 6.07. The fourth-order valence-electron chi connectivity index (χ4n) is 1.97. The Morgan fingerprint density at radius 1 is 1.26 bits per heavy atom. The van der Waals surface area contributed by atoms with E-state index in [-0.39, 0.29) is 11.4 Å². The summed E-state index contributed by atoms with van der Waals surface area (Å²) < 4.78 is 0.852. The van der Waals surface area contributed by atoms with Gasteiger partial charge in [0.2, 0.25) is 0 Å². The minimum absolute atomic E-state index is 0.0252. The van der Waals surface area contributed by atoms with Crippen molar-refractivity contribution in [2.45, 2.75) is 25.8 Å². The van der Waals surface area contributed by atoms with Gasteiger partial charge in [-0.05, 0) is 53.2 Å². The third kappa shape index (κ3) is 3.91. The molecule has 0 fully saturated rings. The van der Waals surface area contributed by atoms with E-state index in [0.717, 1.165) is 15.8 Å². The van der Waals surface area contributed by atoms with E-state index in [0.29, 0.717) is 0 Å². The monoisotopic (exact) mass is 337 g/mol. The first kappa shape index (κ1) is 14.3. The van der Waals surface area contributed by atoms with E-state index in [1.165, 1.54) is 16.9 Å². The average Bonchev–Trinajstić information content (AvgIpc) is 2.75. The van der Waals surface area contributed by atoms with Crippen LogP contribution in [0.25, 0.3) is 0 Å². The van der Waals surface area contributed by atoms with E-state index < -0.39 is 0 Å². The molecule has 1 aromatic heterocycles. The number of halogens is 1. The van der Waals surface area contributed by atoms with Crippen molar-refractivity contribution in [1.29, 1.82) is 0 Å². The van der Waals surface area contributed by atoms with Gasteiger partial charge in [0.05, 0.1) is 0 Å². The predicted octanol–water partition coefficient (Wildman–Crippen LogP) is 4.26. The number of nitrogens with one attached hydrogen (secondary N) is 1. The number of hydrogen-bond acceptors (Lipinski definition) is 2. The van der Waals surface area contributed by atoms with Gasteiger partial charge in [-0.3, -0.25) is 4.79 Å². The molecule has 0 bridgehead atoms. The van der Waals surface area contributed by atoms with Crippen molar-refractivity contribution in [2.24, 2.45) is 0 Å². The van der Waals surface area contributed by atoms with Crippen LogP contribution in [0.4, 0.5) is 0 Å². The summed E-state index contributed by atoms with van der Waals surface area (Å²) in [7, 11) is 0. The highest BCUT2D eigenvalue weighted by Gasteiger charge is 2.23. The smallest absolute Gasteiger partial charge is 0.262 e. The van der Waals surface area contributed by atoms with E-state index in [1.807, 2.05) is 43.5 Å². The molecule has 0 aliphatic carbocycles. The summed E-state index contributed by atoms with van der Waals surface area (Å²) in [5.74, 6) is -0.0252. The van der Waals surface area contributed by atoms with Crippen LogP contribution in [-0.4, -0.2) is 11.4 Å². The van der Waals surface area contributed by atoms with E-state index in [1.54, 1.807) is 0 Å². The normalized spacial score (nSPS) is 11.3. The van der Waals surface area contributed by atoms with Crippen LogP contribution in [0.2, 0.25) is 0 Å². The van der Waals surface area contributed by atoms with E-state index in [2.05, 4.69) is 33.4 Å². The summed E-state index contributed by atoms with van der Waals surface area (Å²) in [6.07, 6.45) is 0.808. The van der Waals surface area contributed by atoms with E-state index in [4.69, 9.17) is 0 Å². The van der Waals surface area contributed by atoms with E-state index >= 15 is 0 Å². The quantitative estimate of drug-likeness (QED) is 0.887. The van der Waals surface area contributed by atoms with Crippen LogP contribution in [0, 0.1) is 0 Å². The molecule has 0 atom stereocenters. The summed E-state index contributed by atoms with van der Waals surface area (Å²) >= 11 is 4.84. The third-order valence-electron chi connectivity index (χ3n) is 2.76. The van der Waals surface area contributed by atoms with Crippen molar-refractivity contribution in [3.05, 3.63) is 56.7 Å². The van der Waals surface area contributed by atoms with Crippen LogP contribution >= 0.6 is 27.3 Å². The molecular formula is C15H16BrNOS. The second kappa shape index (κ2) is 5.88. The summed E-state index contributed by atoms with van der Waals surface area (Å²) in [6.45, 7) is 4.08. The largest absolute Gasteiger partial charge is 0.346 e. The van der Waals surface area contributed by atoms with Crippen molar-refractivity contribution in [3.63, 3.8) is 0 Å². The number of rotatable bonds is 4. The molecule has 0 aliphatic rings. The van der Waals surface area contributed by atoms with Gasteiger partial charge in [0.1, 0.15) is 4.88 Å². The first-order chi connectivity index (χ1) is 8.98. The van der Waals surface area contributed by atoms with Gasteiger partial charge in [-0.2, -0.15) is 0 Å². The standard InChI is InChI=1S/C15H16BrNOS/c1-15(2,10-11-6-4-3-5-7-11)17-14(18)13-12(16)8-9-19-13/h3-9H,10H2,1-2H3,(H,17,18). The van der Waals surface area contributed by atoms with Gasteiger partial charge < -0.3 is 5.32 Å². The second-order valence-electron chi connectivity index (χ2n) is 5.10. The maximum Gasteiger partial charge on any atom is 0.262 e. The van der Waals surface area contributed by atoms with Crippen molar-refractivity contribution >= 4 is 33.2 Å². The van der Waals surface area contributed by atoms with Crippen LogP contribution in [0.3, 0.4) is 0 Å². The van der Waals surface area contributed by atoms with Gasteiger partial charge in [0.25, 0.3) is 5.91 Å². The Morgan fingerprint density at radius 2 is 1.95 bits per heavy atom. The Kier molecular flexibility index (Phi) is 4.42. The van der Waals surface area contributed by atoms with Crippen LogP contribution in [0.1, 0.15) is 29.1 Å². The molecule has 0 unspecified atom stereocenters. The fourth-order valence-corrected chi connectivity index (χ4v) is 3.42. The number of thiophene rings is 1. The van der Waals surface area contributed by atoms with Gasteiger partial charge in [0.15, 0.2) is 0 Å². The molecule has 0 saturated carbocycles. The molecule has 2 rings (SSSR count). The topological polar surface area (TPSA) is 29.1 Å². The Hall–Kier alpha value is -1.13. The lowest BCUT2D eigenvalue weighted by Crippen LogP contribution is -2.44. The molecule has 4 heteroatoms. The number of carbonyl (C=O) groups is 1. The molecule has 1 aromatic carbocycles. The fraction of sp³-hybridized carbons (Fsp3) is 0.267. The molecule has 2 aromatic rings. The summed E-state index contributed by atoms with van der Waals surface area (Å²) in [5.41, 5.74) is 0.944. The number of benzene rings is 1. The first-order valence-corrected chi connectivity index (χ1v) is 7.75. The summed E-state index contributed by atoms with van der Waals surface area (Å²) in [6, 6.07) is 12.1. The number of amides is 1. The van der Waals surface area contributed by atoms with Gasteiger partial charge in [-0.15, -0.1) is 11.3 Å². The van der Waals surface area contributed by atoms with Gasteiger partial charge >= 0.3 is 0 Å². The molecule has 0 saturated heterocycles. The number of hydrogen-bond donors (Lipinski definition) is 1. The third-order valence-corrected chi connectivity index (χ3v) is 4.60. The highest BCUT2D eigenvalue weighted by atomic mass is 79.9. The van der Waals surface area contributed by atoms with E-state index in [9.17, 15) is 4.79 Å². The molecule has 19 heavy (non-hydrogen) atoms. The molecule has 0 radical (unpaired) electrons. The van der Waals surface area contributed by atoms with Crippen LogP contribution < -0.4 is 5.32 Å². The molecule has 0 spiro atoms. The zero-order chi connectivity index (χ0) is 13.9. The SMILES string of the molecule is CC(C)(Cc1ccccc1)NC(=O)c1sccc1Br. The lowest BCUT2D eigenvalue weighted by atomic mass is 9.95. The number of carbonyl (C=O) groups excluding carboxylic acids is 1. The molecule has 1 amide bonds.